The first-order valence-electron chi connectivity index (χ1n) is 13.6. The fraction of sp³-hybridized carbons (Fsp3) is 0.147. The number of carboxylic acid groups (broad SMARTS) is 1. The van der Waals surface area contributed by atoms with E-state index in [1.807, 2.05) is 13.0 Å². The number of aliphatic carboxylic acids is 1. The van der Waals surface area contributed by atoms with Crippen LogP contribution in [0.5, 0.6) is 11.5 Å². The van der Waals surface area contributed by atoms with Gasteiger partial charge in [-0.05, 0) is 77.7 Å². The Morgan fingerprint density at radius 3 is 2.44 bits per heavy atom. The molecule has 7 nitrogen and oxygen atoms in total. The number of amides is 1. The molecule has 1 amide bonds. The highest BCUT2D eigenvalue weighted by Gasteiger charge is 2.32. The lowest BCUT2D eigenvalue weighted by Crippen LogP contribution is -2.40. The molecule has 4 bridgehead atoms. The average molecular weight is 581 g/mol. The molecule has 0 unspecified atom stereocenters. The van der Waals surface area contributed by atoms with Crippen LogP contribution in [0.15, 0.2) is 89.9 Å². The van der Waals surface area contributed by atoms with Crippen molar-refractivity contribution < 1.29 is 28.2 Å². The molecule has 4 aromatic carbocycles. The number of benzene rings is 4. The molecule has 216 valence electrons. The number of rotatable bonds is 3. The first kappa shape index (κ1) is 27.8. The summed E-state index contributed by atoms with van der Waals surface area (Å²) in [5.74, 6) is -3.06. The smallest absolute Gasteiger partial charge is 0.305 e. The number of ether oxygens (including phenoxy) is 1. The van der Waals surface area contributed by atoms with Crippen LogP contribution < -0.4 is 15.6 Å². The van der Waals surface area contributed by atoms with Gasteiger partial charge in [0.15, 0.2) is 0 Å². The Labute approximate surface area is 245 Å². The van der Waals surface area contributed by atoms with E-state index in [1.54, 1.807) is 49.4 Å². The maximum absolute atomic E-state index is 15.7. The highest BCUT2D eigenvalue weighted by Crippen LogP contribution is 2.40. The minimum atomic E-state index is -1.58. The number of nitrogens with one attached hydrogen (secondary N) is 1. The van der Waals surface area contributed by atoms with Gasteiger partial charge in [0.1, 0.15) is 29.2 Å². The predicted molar refractivity (Wildman–Crippen MR) is 157 cm³/mol. The van der Waals surface area contributed by atoms with E-state index in [1.165, 1.54) is 30.5 Å². The molecule has 0 saturated heterocycles. The van der Waals surface area contributed by atoms with E-state index >= 15 is 8.78 Å². The van der Waals surface area contributed by atoms with E-state index in [4.69, 9.17) is 4.74 Å². The molecule has 2 atom stereocenters. The summed E-state index contributed by atoms with van der Waals surface area (Å²) in [4.78, 5) is 39.5. The maximum Gasteiger partial charge on any atom is 0.305 e. The zero-order chi connectivity index (χ0) is 30.4. The van der Waals surface area contributed by atoms with Crippen molar-refractivity contribution in [3.05, 3.63) is 129 Å². The molecule has 1 aliphatic heterocycles. The van der Waals surface area contributed by atoms with E-state index in [9.17, 15) is 19.5 Å². The minimum absolute atomic E-state index is 0.0593. The monoisotopic (exact) mass is 580 g/mol. The Kier molecular flexibility index (Phi) is 7.01. The van der Waals surface area contributed by atoms with Crippen molar-refractivity contribution in [2.75, 3.05) is 0 Å². The van der Waals surface area contributed by atoms with Gasteiger partial charge in [0, 0.05) is 29.0 Å². The fourth-order valence-electron chi connectivity index (χ4n) is 5.68. The Hall–Kier alpha value is -5.31. The molecule has 43 heavy (non-hydrogen) atoms. The van der Waals surface area contributed by atoms with Crippen LogP contribution in [-0.2, 0) is 9.59 Å². The second kappa shape index (κ2) is 10.8. The van der Waals surface area contributed by atoms with Crippen LogP contribution in [0.25, 0.3) is 21.9 Å². The van der Waals surface area contributed by atoms with Gasteiger partial charge in [-0.3, -0.25) is 19.0 Å². The molecule has 1 aromatic heterocycles. The number of carboxylic acids is 1. The Balaban J connectivity index is 1.65. The number of halogens is 2. The molecule has 9 heteroatoms. The first-order chi connectivity index (χ1) is 20.6. The van der Waals surface area contributed by atoms with Gasteiger partial charge in [0.2, 0.25) is 5.91 Å². The van der Waals surface area contributed by atoms with E-state index < -0.39 is 47.6 Å². The number of carbonyl (C=O) groups is 2. The molecule has 0 radical (unpaired) electrons. The molecule has 6 rings (SSSR count). The summed E-state index contributed by atoms with van der Waals surface area (Å²) in [5.41, 5.74) is 1.37. The molecule has 0 aliphatic carbocycles. The van der Waals surface area contributed by atoms with Gasteiger partial charge in [-0.2, -0.15) is 0 Å². The standard InChI is InChI=1S/C34H26F2N2O5/c1-18-6-5-9-28-31(18)22-12-19(2)32(36)25(13-22)27(16-30(40)41)37-34(42)33(24-15-23(43-28)10-11-26(24)35)38-17-21-8-4-3-7-20(21)14-29(38)39/h3-15,17,27,33H,16H2,1-2H3,(H,37,42)(H,40,41)/t27-,33-/m0/s1. The van der Waals surface area contributed by atoms with Crippen LogP contribution in [0.3, 0.4) is 0 Å². The van der Waals surface area contributed by atoms with E-state index in [0.717, 1.165) is 16.2 Å². The third kappa shape index (κ3) is 5.14. The van der Waals surface area contributed by atoms with Gasteiger partial charge in [0.25, 0.3) is 5.56 Å². The molecule has 5 aromatic rings. The number of nitrogens with zero attached hydrogens (tertiary/aromatic N) is 1. The largest absolute Gasteiger partial charge is 0.481 e. The van der Waals surface area contributed by atoms with Crippen LogP contribution in [0, 0.1) is 25.5 Å². The van der Waals surface area contributed by atoms with Gasteiger partial charge in [-0.25, -0.2) is 8.78 Å². The number of fused-ring (bicyclic) bond motifs is 7. The van der Waals surface area contributed by atoms with Crippen LogP contribution in [0.1, 0.15) is 40.8 Å². The molecule has 1 aliphatic rings. The predicted octanol–water partition coefficient (Wildman–Crippen LogP) is 6.59. The molecular weight excluding hydrogens is 554 g/mol. The average Bonchev–Trinajstić information content (AvgIpc) is 2.96. The maximum atomic E-state index is 15.7. The van der Waals surface area contributed by atoms with Gasteiger partial charge in [-0.15, -0.1) is 0 Å². The lowest BCUT2D eigenvalue weighted by atomic mass is 9.92. The Morgan fingerprint density at radius 1 is 0.907 bits per heavy atom. The van der Waals surface area contributed by atoms with Gasteiger partial charge >= 0.3 is 5.97 Å². The van der Waals surface area contributed by atoms with Crippen molar-refractivity contribution in [2.45, 2.75) is 32.4 Å². The van der Waals surface area contributed by atoms with Crippen molar-refractivity contribution in [3.8, 4) is 22.6 Å². The quantitative estimate of drug-likeness (QED) is 0.251. The minimum Gasteiger partial charge on any atom is -0.481 e. The van der Waals surface area contributed by atoms with Crippen LogP contribution in [0.4, 0.5) is 8.78 Å². The van der Waals surface area contributed by atoms with Crippen molar-refractivity contribution in [3.63, 3.8) is 0 Å². The number of pyridine rings is 1. The van der Waals surface area contributed by atoms with E-state index in [2.05, 4.69) is 5.32 Å². The second-order valence-electron chi connectivity index (χ2n) is 10.6. The van der Waals surface area contributed by atoms with Crippen molar-refractivity contribution in [2.24, 2.45) is 0 Å². The number of hydrogen-bond donors (Lipinski definition) is 2. The highest BCUT2D eigenvalue weighted by atomic mass is 19.1. The summed E-state index contributed by atoms with van der Waals surface area (Å²) >= 11 is 0. The third-order valence-corrected chi connectivity index (χ3v) is 7.70. The van der Waals surface area contributed by atoms with E-state index in [-0.39, 0.29) is 22.4 Å². The molecule has 0 spiro atoms. The molecule has 0 saturated carbocycles. The van der Waals surface area contributed by atoms with Gasteiger partial charge in [0.05, 0.1) is 12.5 Å². The normalized spacial score (nSPS) is 16.2. The molecule has 0 fully saturated rings. The summed E-state index contributed by atoms with van der Waals surface area (Å²) in [6.45, 7) is 3.40. The van der Waals surface area contributed by atoms with Crippen LogP contribution in [-0.4, -0.2) is 21.6 Å². The first-order valence-corrected chi connectivity index (χ1v) is 13.6. The van der Waals surface area contributed by atoms with Crippen LogP contribution >= 0.6 is 0 Å². The topological polar surface area (TPSA) is 97.6 Å². The molecule has 2 heterocycles. The van der Waals surface area contributed by atoms with Crippen molar-refractivity contribution in [1.82, 2.24) is 9.88 Å². The van der Waals surface area contributed by atoms with Gasteiger partial charge in [-0.1, -0.05) is 36.4 Å². The van der Waals surface area contributed by atoms with Crippen molar-refractivity contribution >= 4 is 22.6 Å². The summed E-state index contributed by atoms with van der Waals surface area (Å²) in [6, 6.07) is 17.8. The number of hydrogen-bond acceptors (Lipinski definition) is 4. The zero-order valence-electron chi connectivity index (χ0n) is 23.2. The molecular formula is C34H26F2N2O5. The van der Waals surface area contributed by atoms with E-state index in [0.29, 0.717) is 27.6 Å². The van der Waals surface area contributed by atoms with Crippen molar-refractivity contribution in [1.29, 1.82) is 0 Å². The Morgan fingerprint density at radius 2 is 1.67 bits per heavy atom. The lowest BCUT2D eigenvalue weighted by Gasteiger charge is -2.25. The summed E-state index contributed by atoms with van der Waals surface area (Å²) in [5, 5.41) is 13.6. The molecule has 2 N–H and O–H groups in total. The van der Waals surface area contributed by atoms with Crippen LogP contribution in [0.2, 0.25) is 0 Å². The highest BCUT2D eigenvalue weighted by molar-refractivity contribution is 5.87. The number of aromatic nitrogens is 1. The fourth-order valence-corrected chi connectivity index (χ4v) is 5.68. The second-order valence-corrected chi connectivity index (χ2v) is 10.6. The number of carbonyl (C=O) groups excluding carboxylic acids is 1. The zero-order valence-corrected chi connectivity index (χ0v) is 23.2. The van der Waals surface area contributed by atoms with Gasteiger partial charge < -0.3 is 15.2 Å². The number of aryl methyl sites for hydroxylation is 2. The third-order valence-electron chi connectivity index (χ3n) is 7.70. The summed E-state index contributed by atoms with van der Waals surface area (Å²) in [6.07, 6.45) is 0.785. The SMILES string of the molecule is Cc1cc2cc(c1F)[C@H](CC(=O)O)NC(=O)[C@@H](n1cc3ccccc3cc1=O)c1cc(ccc1F)Oc1cccc(C)c1-2. The summed E-state index contributed by atoms with van der Waals surface area (Å²) in [7, 11) is 0. The summed E-state index contributed by atoms with van der Waals surface area (Å²) < 4.78 is 38.7. The lowest BCUT2D eigenvalue weighted by molar-refractivity contribution is -0.137. The Bertz CT molecular complexity index is 2000.